The summed E-state index contributed by atoms with van der Waals surface area (Å²) in [5, 5.41) is 6.49. The second-order valence-corrected chi connectivity index (χ2v) is 7.54. The zero-order valence-corrected chi connectivity index (χ0v) is 18.4. The van der Waals surface area contributed by atoms with Crippen LogP contribution in [-0.4, -0.2) is 55.0 Å². The van der Waals surface area contributed by atoms with Gasteiger partial charge in [0.15, 0.2) is 0 Å². The minimum atomic E-state index is -0.272. The van der Waals surface area contributed by atoms with Gasteiger partial charge in [-0.05, 0) is 61.0 Å². The van der Waals surface area contributed by atoms with Crippen LogP contribution in [0.3, 0.4) is 0 Å². The highest BCUT2D eigenvalue weighted by Gasteiger charge is 2.12. The Morgan fingerprint density at radius 2 is 2.07 bits per heavy atom. The molecule has 2 rings (SSSR count). The van der Waals surface area contributed by atoms with Gasteiger partial charge in [0.05, 0.1) is 22.6 Å². The van der Waals surface area contributed by atoms with E-state index in [1.807, 2.05) is 61.9 Å². The van der Waals surface area contributed by atoms with Crippen LogP contribution >= 0.6 is 34.2 Å². The number of aromatic nitrogens is 2. The molecular weight excluding hydrogens is 479 g/mol. The first-order valence-corrected chi connectivity index (χ1v) is 9.64. The molecule has 0 unspecified atom stereocenters. The highest BCUT2D eigenvalue weighted by atomic mass is 127. The third-order valence-corrected chi connectivity index (χ3v) is 5.11. The van der Waals surface area contributed by atoms with Crippen molar-refractivity contribution in [1.82, 2.24) is 14.9 Å². The average molecular weight is 501 g/mol. The smallest absolute Gasteiger partial charge is 0.247 e. The van der Waals surface area contributed by atoms with Gasteiger partial charge in [-0.3, -0.25) is 4.79 Å². The molecule has 0 atom stereocenters. The van der Waals surface area contributed by atoms with Crippen molar-refractivity contribution in [1.29, 1.82) is 0 Å². The van der Waals surface area contributed by atoms with Gasteiger partial charge in [0.25, 0.3) is 0 Å². The van der Waals surface area contributed by atoms with E-state index >= 15 is 0 Å². The largest absolute Gasteiger partial charge is 0.372 e. The molecule has 9 heteroatoms. The van der Waals surface area contributed by atoms with E-state index in [0.29, 0.717) is 20.4 Å². The predicted molar refractivity (Wildman–Crippen MR) is 120 cm³/mol. The summed E-state index contributed by atoms with van der Waals surface area (Å²) in [7, 11) is 6.03. The summed E-state index contributed by atoms with van der Waals surface area (Å²) in [4.78, 5) is 24.5. The van der Waals surface area contributed by atoms with Crippen molar-refractivity contribution in [2.24, 2.45) is 0 Å². The molecule has 0 radical (unpaired) electrons. The van der Waals surface area contributed by atoms with Crippen LogP contribution in [0.25, 0.3) is 0 Å². The highest BCUT2D eigenvalue weighted by molar-refractivity contribution is 14.1. The van der Waals surface area contributed by atoms with E-state index in [-0.39, 0.29) is 5.91 Å². The fourth-order valence-corrected chi connectivity index (χ4v) is 2.70. The molecule has 0 aliphatic heterocycles. The Hall–Kier alpha value is -1.91. The van der Waals surface area contributed by atoms with E-state index < -0.39 is 0 Å². The third-order valence-electron chi connectivity index (χ3n) is 3.69. The summed E-state index contributed by atoms with van der Waals surface area (Å²) in [5.41, 5.74) is 2.33. The molecule has 1 aromatic heterocycles. The van der Waals surface area contributed by atoms with Crippen molar-refractivity contribution >= 4 is 63.1 Å². The van der Waals surface area contributed by atoms with Gasteiger partial charge in [0, 0.05) is 25.8 Å². The van der Waals surface area contributed by atoms with Crippen LogP contribution in [0.15, 0.2) is 37.1 Å². The zero-order chi connectivity index (χ0) is 20.0. The summed E-state index contributed by atoms with van der Waals surface area (Å²) in [6.45, 7) is 5.22. The zero-order valence-electron chi connectivity index (χ0n) is 15.5. The van der Waals surface area contributed by atoms with E-state index in [2.05, 4.69) is 37.0 Å². The van der Waals surface area contributed by atoms with E-state index in [9.17, 15) is 4.79 Å². The molecule has 0 fully saturated rings. The van der Waals surface area contributed by atoms with Crippen molar-refractivity contribution in [3.8, 4) is 0 Å². The van der Waals surface area contributed by atoms with Gasteiger partial charge in [0.2, 0.25) is 11.9 Å². The van der Waals surface area contributed by atoms with Gasteiger partial charge in [-0.25, -0.2) is 9.97 Å². The topological polar surface area (TPSA) is 73.4 Å². The van der Waals surface area contributed by atoms with Gasteiger partial charge in [-0.2, -0.15) is 0 Å². The number of amides is 1. The molecule has 0 bridgehead atoms. The molecule has 0 spiro atoms. The number of nitrogens with one attached hydrogen (secondary N) is 2. The van der Waals surface area contributed by atoms with Crippen LogP contribution in [0.4, 0.5) is 23.0 Å². The van der Waals surface area contributed by atoms with Gasteiger partial charge in [-0.15, -0.1) is 0 Å². The number of benzene rings is 1. The number of carbonyl (C=O) groups excluding carboxylic acids is 1. The lowest BCUT2D eigenvalue weighted by Gasteiger charge is -2.24. The molecule has 1 amide bonds. The van der Waals surface area contributed by atoms with Crippen molar-refractivity contribution in [3.63, 3.8) is 0 Å². The number of halogens is 2. The molecule has 0 aliphatic rings. The lowest BCUT2D eigenvalue weighted by atomic mass is 10.2. The quantitative estimate of drug-likeness (QED) is 0.328. The molecule has 144 valence electrons. The first kappa shape index (κ1) is 21.4. The summed E-state index contributed by atoms with van der Waals surface area (Å²) in [6, 6.07) is 5.70. The second kappa shape index (κ2) is 9.86. The van der Waals surface area contributed by atoms with E-state index in [1.165, 1.54) is 6.08 Å². The fraction of sp³-hybridized carbons (Fsp3) is 0.278. The van der Waals surface area contributed by atoms with Crippen LogP contribution < -0.4 is 15.5 Å². The average Bonchev–Trinajstić information content (AvgIpc) is 2.63. The number of nitrogens with zero attached hydrogens (tertiary/aromatic N) is 4. The van der Waals surface area contributed by atoms with Crippen molar-refractivity contribution in [2.45, 2.75) is 0 Å². The molecule has 1 aromatic carbocycles. The molecule has 2 N–H and O–H groups in total. The normalized spacial score (nSPS) is 10.6. The molecule has 0 aliphatic carbocycles. The van der Waals surface area contributed by atoms with E-state index in [0.717, 1.165) is 24.5 Å². The van der Waals surface area contributed by atoms with Crippen molar-refractivity contribution in [3.05, 3.63) is 45.8 Å². The Balaban J connectivity index is 2.28. The number of hydrogen-bond donors (Lipinski definition) is 2. The van der Waals surface area contributed by atoms with Crippen LogP contribution in [0.5, 0.6) is 0 Å². The third kappa shape index (κ3) is 6.33. The monoisotopic (exact) mass is 500 g/mol. The van der Waals surface area contributed by atoms with E-state index in [1.54, 1.807) is 6.20 Å². The maximum atomic E-state index is 11.9. The Morgan fingerprint density at radius 3 is 2.70 bits per heavy atom. The van der Waals surface area contributed by atoms with Crippen molar-refractivity contribution in [2.75, 3.05) is 49.8 Å². The van der Waals surface area contributed by atoms with E-state index in [4.69, 9.17) is 11.6 Å². The number of likely N-dealkylation sites (N-methyl/N-ethyl adjacent to an activating group) is 2. The first-order valence-electron chi connectivity index (χ1n) is 8.18. The minimum absolute atomic E-state index is 0.272. The first-order chi connectivity index (χ1) is 12.8. The minimum Gasteiger partial charge on any atom is -0.372 e. The predicted octanol–water partition coefficient (Wildman–Crippen LogP) is 3.60. The van der Waals surface area contributed by atoms with Gasteiger partial charge < -0.3 is 20.4 Å². The molecule has 0 saturated heterocycles. The summed E-state index contributed by atoms with van der Waals surface area (Å²) in [6.07, 6.45) is 2.79. The highest BCUT2D eigenvalue weighted by Crippen LogP contribution is 2.30. The molecule has 2 aromatic rings. The Morgan fingerprint density at radius 1 is 1.33 bits per heavy atom. The molecule has 27 heavy (non-hydrogen) atoms. The van der Waals surface area contributed by atoms with Crippen LogP contribution in [0, 0.1) is 3.70 Å². The SMILES string of the molecule is C=CC(=O)Nc1cc(Nc2ncc(Cl)c(I)n2)ccc1N(C)CCN(C)C. The number of hydrogen-bond acceptors (Lipinski definition) is 6. The molecule has 7 nitrogen and oxygen atoms in total. The lowest BCUT2D eigenvalue weighted by molar-refractivity contribution is -0.111. The Labute approximate surface area is 178 Å². The Kier molecular flexibility index (Phi) is 7.81. The van der Waals surface area contributed by atoms with Crippen LogP contribution in [-0.2, 0) is 4.79 Å². The molecular formula is C18H22ClIN6O. The number of rotatable bonds is 8. The number of carbonyl (C=O) groups is 1. The lowest BCUT2D eigenvalue weighted by Crippen LogP contribution is -2.29. The second-order valence-electron chi connectivity index (χ2n) is 6.11. The van der Waals surface area contributed by atoms with Crippen LogP contribution in [0.2, 0.25) is 5.02 Å². The molecule has 1 heterocycles. The summed E-state index contributed by atoms with van der Waals surface area (Å²) >= 11 is 8.01. The number of anilines is 4. The maximum absolute atomic E-state index is 11.9. The maximum Gasteiger partial charge on any atom is 0.247 e. The molecule has 0 saturated carbocycles. The van der Waals surface area contributed by atoms with Gasteiger partial charge >= 0.3 is 0 Å². The Bertz CT molecular complexity index is 829. The summed E-state index contributed by atoms with van der Waals surface area (Å²) < 4.78 is 0.659. The summed E-state index contributed by atoms with van der Waals surface area (Å²) in [5.74, 6) is 0.158. The fourth-order valence-electron chi connectivity index (χ4n) is 2.24. The van der Waals surface area contributed by atoms with Gasteiger partial charge in [0.1, 0.15) is 3.70 Å². The van der Waals surface area contributed by atoms with Crippen LogP contribution in [0.1, 0.15) is 0 Å². The van der Waals surface area contributed by atoms with Crippen molar-refractivity contribution < 1.29 is 4.79 Å². The van der Waals surface area contributed by atoms with Gasteiger partial charge in [-0.1, -0.05) is 18.2 Å². The standard InChI is InChI=1S/C18H22ClIN6O/c1-5-16(27)23-14-10-12(22-18-21-11-13(19)17(20)24-18)6-7-15(14)26(4)9-8-25(2)3/h5-7,10-11H,1,8-9H2,2-4H3,(H,23,27)(H,21,22,24).